The fourth-order valence-electron chi connectivity index (χ4n) is 2.46. The van der Waals surface area contributed by atoms with Crippen molar-refractivity contribution < 1.29 is 13.5 Å². The minimum absolute atomic E-state index is 0.137. The van der Waals surface area contributed by atoms with Crippen LogP contribution < -0.4 is 5.73 Å². The number of aliphatic hydroxyl groups is 1. The van der Waals surface area contributed by atoms with Gasteiger partial charge in [-0.15, -0.1) is 0 Å². The maximum absolute atomic E-state index is 12.6. The predicted molar refractivity (Wildman–Crippen MR) is 74.1 cm³/mol. The number of anilines is 1. The van der Waals surface area contributed by atoms with Gasteiger partial charge in [-0.05, 0) is 31.0 Å². The third-order valence-electron chi connectivity index (χ3n) is 3.50. The second kappa shape index (κ2) is 5.90. The van der Waals surface area contributed by atoms with Crippen LogP contribution in [0.15, 0.2) is 29.2 Å². The Bertz CT molecular complexity index is 530. The average Bonchev–Trinajstić information content (AvgIpc) is 2.64. The van der Waals surface area contributed by atoms with E-state index in [1.54, 1.807) is 18.2 Å². The first-order chi connectivity index (χ1) is 9.05. The zero-order chi connectivity index (χ0) is 13.9. The van der Waals surface area contributed by atoms with Crippen LogP contribution in [0.2, 0.25) is 0 Å². The monoisotopic (exact) mass is 284 g/mol. The molecule has 0 amide bonds. The molecule has 106 valence electrons. The van der Waals surface area contributed by atoms with Gasteiger partial charge in [0, 0.05) is 18.3 Å². The third kappa shape index (κ3) is 3.08. The van der Waals surface area contributed by atoms with Gasteiger partial charge in [-0.1, -0.05) is 18.9 Å². The summed E-state index contributed by atoms with van der Waals surface area (Å²) >= 11 is 0. The number of sulfonamides is 1. The molecule has 1 aromatic carbocycles. The Morgan fingerprint density at radius 2 is 2.11 bits per heavy atom. The Kier molecular flexibility index (Phi) is 4.44. The quantitative estimate of drug-likeness (QED) is 0.817. The van der Waals surface area contributed by atoms with E-state index in [4.69, 9.17) is 5.73 Å². The molecule has 0 aliphatic carbocycles. The van der Waals surface area contributed by atoms with E-state index in [0.717, 1.165) is 19.3 Å². The number of rotatable bonds is 3. The van der Waals surface area contributed by atoms with Gasteiger partial charge in [-0.2, -0.15) is 4.31 Å². The van der Waals surface area contributed by atoms with Crippen LogP contribution in [0.3, 0.4) is 0 Å². The summed E-state index contributed by atoms with van der Waals surface area (Å²) in [6.07, 6.45) is 3.49. The SMILES string of the molecule is Nc1cccc(S(=O)(=O)N2CCCCCC2CO)c1. The van der Waals surface area contributed by atoms with Crippen LogP contribution in [0.5, 0.6) is 0 Å². The van der Waals surface area contributed by atoms with Gasteiger partial charge in [0.1, 0.15) is 0 Å². The lowest BCUT2D eigenvalue weighted by atomic mass is 10.1. The molecular formula is C13H20N2O3S. The lowest BCUT2D eigenvalue weighted by Gasteiger charge is -2.27. The normalized spacial score (nSPS) is 22.1. The van der Waals surface area contributed by atoms with Gasteiger partial charge >= 0.3 is 0 Å². The number of nitrogen functional groups attached to an aromatic ring is 1. The van der Waals surface area contributed by atoms with Crippen LogP contribution in [0.4, 0.5) is 5.69 Å². The zero-order valence-corrected chi connectivity index (χ0v) is 11.6. The summed E-state index contributed by atoms with van der Waals surface area (Å²) in [5, 5.41) is 9.42. The second-order valence-corrected chi connectivity index (χ2v) is 6.76. The molecule has 1 saturated heterocycles. The number of hydrogen-bond acceptors (Lipinski definition) is 4. The van der Waals surface area contributed by atoms with Crippen molar-refractivity contribution in [1.29, 1.82) is 0 Å². The van der Waals surface area contributed by atoms with Gasteiger partial charge in [0.25, 0.3) is 0 Å². The van der Waals surface area contributed by atoms with Gasteiger partial charge in [0.2, 0.25) is 10.0 Å². The first-order valence-corrected chi connectivity index (χ1v) is 7.98. The van der Waals surface area contributed by atoms with Crippen LogP contribution in [0.1, 0.15) is 25.7 Å². The molecule has 5 nitrogen and oxygen atoms in total. The number of nitrogens with zero attached hydrogens (tertiary/aromatic N) is 1. The summed E-state index contributed by atoms with van der Waals surface area (Å²) in [5.41, 5.74) is 6.08. The molecular weight excluding hydrogens is 264 g/mol. The summed E-state index contributed by atoms with van der Waals surface area (Å²) in [7, 11) is -3.58. The van der Waals surface area contributed by atoms with E-state index >= 15 is 0 Å². The van der Waals surface area contributed by atoms with Crippen LogP contribution in [-0.2, 0) is 10.0 Å². The molecule has 0 saturated carbocycles. The number of hydrogen-bond donors (Lipinski definition) is 2. The van der Waals surface area contributed by atoms with E-state index in [-0.39, 0.29) is 17.5 Å². The van der Waals surface area contributed by atoms with Crippen molar-refractivity contribution in [3.8, 4) is 0 Å². The molecule has 1 aliphatic rings. The highest BCUT2D eigenvalue weighted by atomic mass is 32.2. The van der Waals surface area contributed by atoms with Crippen molar-refractivity contribution in [2.45, 2.75) is 36.6 Å². The van der Waals surface area contributed by atoms with E-state index in [1.807, 2.05) is 0 Å². The van der Waals surface area contributed by atoms with E-state index in [1.165, 1.54) is 10.4 Å². The standard InChI is InChI=1S/C13H20N2O3S/c14-11-5-4-7-13(9-11)19(17,18)15-8-3-1-2-6-12(15)10-16/h4-5,7,9,12,16H,1-3,6,8,10,14H2. The molecule has 2 rings (SSSR count). The number of benzene rings is 1. The molecule has 1 heterocycles. The van der Waals surface area contributed by atoms with Crippen LogP contribution in [0.25, 0.3) is 0 Å². The maximum atomic E-state index is 12.6. The fourth-order valence-corrected chi connectivity index (χ4v) is 4.20. The van der Waals surface area contributed by atoms with E-state index < -0.39 is 10.0 Å². The lowest BCUT2D eigenvalue weighted by molar-refractivity contribution is 0.186. The number of nitrogens with two attached hydrogens (primary N) is 1. The summed E-state index contributed by atoms with van der Waals surface area (Å²) in [6, 6.07) is 5.98. The minimum atomic E-state index is -3.58. The van der Waals surface area contributed by atoms with Gasteiger partial charge in [0.05, 0.1) is 11.5 Å². The van der Waals surface area contributed by atoms with Crippen molar-refractivity contribution in [2.75, 3.05) is 18.9 Å². The summed E-state index contributed by atoms with van der Waals surface area (Å²) in [4.78, 5) is 0.202. The second-order valence-electron chi connectivity index (χ2n) is 4.87. The molecule has 0 radical (unpaired) electrons. The van der Waals surface area contributed by atoms with E-state index in [9.17, 15) is 13.5 Å². The van der Waals surface area contributed by atoms with Crippen molar-refractivity contribution in [1.82, 2.24) is 4.31 Å². The molecule has 0 spiro atoms. The highest BCUT2D eigenvalue weighted by Gasteiger charge is 2.31. The first kappa shape index (κ1) is 14.3. The predicted octanol–water partition coefficient (Wildman–Crippen LogP) is 1.19. The molecule has 1 aliphatic heterocycles. The van der Waals surface area contributed by atoms with Crippen molar-refractivity contribution in [3.05, 3.63) is 24.3 Å². The Morgan fingerprint density at radius 1 is 1.32 bits per heavy atom. The largest absolute Gasteiger partial charge is 0.399 e. The average molecular weight is 284 g/mol. The van der Waals surface area contributed by atoms with Gasteiger partial charge in [0.15, 0.2) is 0 Å². The van der Waals surface area contributed by atoms with Crippen molar-refractivity contribution in [3.63, 3.8) is 0 Å². The maximum Gasteiger partial charge on any atom is 0.243 e. The van der Waals surface area contributed by atoms with Gasteiger partial charge < -0.3 is 10.8 Å². The highest BCUT2D eigenvalue weighted by molar-refractivity contribution is 7.89. The molecule has 1 unspecified atom stereocenters. The first-order valence-electron chi connectivity index (χ1n) is 6.54. The zero-order valence-electron chi connectivity index (χ0n) is 10.8. The molecule has 1 aromatic rings. The Hall–Kier alpha value is -1.11. The minimum Gasteiger partial charge on any atom is -0.399 e. The fraction of sp³-hybridized carbons (Fsp3) is 0.538. The van der Waals surface area contributed by atoms with Crippen molar-refractivity contribution in [2.24, 2.45) is 0 Å². The molecule has 6 heteroatoms. The summed E-state index contributed by atoms with van der Waals surface area (Å²) in [5.74, 6) is 0. The van der Waals surface area contributed by atoms with E-state index in [2.05, 4.69) is 0 Å². The van der Waals surface area contributed by atoms with Gasteiger partial charge in [-0.25, -0.2) is 8.42 Å². The molecule has 3 N–H and O–H groups in total. The summed E-state index contributed by atoms with van der Waals surface area (Å²) < 4.78 is 26.7. The van der Waals surface area contributed by atoms with Crippen LogP contribution in [0, 0.1) is 0 Å². The van der Waals surface area contributed by atoms with Crippen LogP contribution in [-0.4, -0.2) is 37.0 Å². The lowest BCUT2D eigenvalue weighted by Crippen LogP contribution is -2.42. The molecule has 0 bridgehead atoms. The molecule has 1 fully saturated rings. The molecule has 0 aromatic heterocycles. The third-order valence-corrected chi connectivity index (χ3v) is 5.45. The highest BCUT2D eigenvalue weighted by Crippen LogP contribution is 2.25. The Balaban J connectivity index is 2.36. The topological polar surface area (TPSA) is 83.6 Å². The summed E-state index contributed by atoms with van der Waals surface area (Å²) in [6.45, 7) is 0.323. The van der Waals surface area contributed by atoms with E-state index in [0.29, 0.717) is 18.7 Å². The smallest absolute Gasteiger partial charge is 0.243 e. The Labute approximate surface area is 114 Å². The van der Waals surface area contributed by atoms with Crippen molar-refractivity contribution >= 4 is 15.7 Å². The Morgan fingerprint density at radius 3 is 2.79 bits per heavy atom. The van der Waals surface area contributed by atoms with Crippen LogP contribution >= 0.6 is 0 Å². The number of aliphatic hydroxyl groups excluding tert-OH is 1. The molecule has 1 atom stereocenters. The molecule has 19 heavy (non-hydrogen) atoms. The van der Waals surface area contributed by atoms with Gasteiger partial charge in [-0.3, -0.25) is 0 Å².